The van der Waals surface area contributed by atoms with Crippen LogP contribution in [-0.4, -0.2) is 51.0 Å². The molecule has 2 fully saturated rings. The maximum Gasteiger partial charge on any atom is 0.256 e. The Hall–Kier alpha value is -2.02. The van der Waals surface area contributed by atoms with Crippen LogP contribution < -0.4 is 5.11 Å². The molecule has 0 spiro atoms. The van der Waals surface area contributed by atoms with E-state index in [1.54, 1.807) is 22.7 Å². The zero-order chi connectivity index (χ0) is 17.9. The molecule has 3 aliphatic rings. The SMILES string of the molecule is CC1(C)S[C@H]2c3ccccc3C(=O)N2[C@@H]1C(=O)N1CCC[C@@H]1C(=O)[O-]. The third kappa shape index (κ3) is 2.28. The quantitative estimate of drug-likeness (QED) is 0.779. The van der Waals surface area contributed by atoms with Gasteiger partial charge in [0.2, 0.25) is 5.91 Å². The molecule has 3 heterocycles. The Balaban J connectivity index is 1.71. The van der Waals surface area contributed by atoms with Crippen LogP contribution in [0.1, 0.15) is 48.0 Å². The lowest BCUT2D eigenvalue weighted by atomic mass is 9.99. The average molecular weight is 359 g/mol. The summed E-state index contributed by atoms with van der Waals surface area (Å²) in [5.74, 6) is -1.66. The molecule has 0 saturated carbocycles. The number of carboxylic acid groups (broad SMARTS) is 1. The van der Waals surface area contributed by atoms with Crippen molar-refractivity contribution >= 4 is 29.5 Å². The second-order valence-corrected chi connectivity index (χ2v) is 9.02. The molecule has 6 nitrogen and oxygen atoms in total. The van der Waals surface area contributed by atoms with Crippen molar-refractivity contribution in [1.82, 2.24) is 9.80 Å². The zero-order valence-electron chi connectivity index (χ0n) is 14.1. The predicted octanol–water partition coefficient (Wildman–Crippen LogP) is 0.776. The Bertz CT molecular complexity index is 778. The summed E-state index contributed by atoms with van der Waals surface area (Å²) < 4.78 is -0.496. The summed E-state index contributed by atoms with van der Waals surface area (Å²) in [6.07, 6.45) is 1.05. The van der Waals surface area contributed by atoms with E-state index < -0.39 is 22.8 Å². The first-order chi connectivity index (χ1) is 11.8. The Morgan fingerprint density at radius 3 is 2.72 bits per heavy atom. The number of benzene rings is 1. The zero-order valence-corrected chi connectivity index (χ0v) is 14.9. The van der Waals surface area contributed by atoms with E-state index in [0.717, 1.165) is 5.56 Å². The highest BCUT2D eigenvalue weighted by molar-refractivity contribution is 8.01. The van der Waals surface area contributed by atoms with Crippen LogP contribution in [-0.2, 0) is 9.59 Å². The molecule has 7 heteroatoms. The minimum atomic E-state index is -1.22. The van der Waals surface area contributed by atoms with Crippen LogP contribution in [0.2, 0.25) is 0 Å². The van der Waals surface area contributed by atoms with Gasteiger partial charge in [0.1, 0.15) is 11.4 Å². The van der Waals surface area contributed by atoms with E-state index in [9.17, 15) is 19.5 Å². The molecule has 1 aromatic carbocycles. The first-order valence-corrected chi connectivity index (χ1v) is 9.31. The van der Waals surface area contributed by atoms with Crippen LogP contribution >= 0.6 is 11.8 Å². The average Bonchev–Trinajstić information content (AvgIpc) is 3.21. The largest absolute Gasteiger partial charge is 0.548 e. The fourth-order valence-electron chi connectivity index (χ4n) is 4.21. The molecule has 0 N–H and O–H groups in total. The lowest BCUT2D eigenvalue weighted by Crippen LogP contribution is -2.57. The normalized spacial score (nSPS) is 29.7. The standard InChI is InChI=1S/C18H20N2O4S/c1-18(2)13(15(22)19-9-5-8-12(19)17(23)24)20-14(21)10-6-3-4-7-11(10)16(20)25-18/h3-4,6-7,12-13,16H,5,8-9H2,1-2H3,(H,23,24)/p-1/t12-,13-,16+/m1/s1. The number of fused-ring (bicyclic) bond motifs is 3. The molecular formula is C18H19N2O4S-. The van der Waals surface area contributed by atoms with Crippen LogP contribution in [0.15, 0.2) is 24.3 Å². The van der Waals surface area contributed by atoms with Crippen molar-refractivity contribution in [1.29, 1.82) is 0 Å². The fourth-order valence-corrected chi connectivity index (χ4v) is 5.79. The van der Waals surface area contributed by atoms with Crippen molar-refractivity contribution in [2.24, 2.45) is 0 Å². The number of thioether (sulfide) groups is 1. The van der Waals surface area contributed by atoms with Crippen LogP contribution in [0.25, 0.3) is 0 Å². The molecule has 0 aliphatic carbocycles. The van der Waals surface area contributed by atoms with Crippen molar-refractivity contribution < 1.29 is 19.5 Å². The summed E-state index contributed by atoms with van der Waals surface area (Å²) in [6, 6.07) is 5.84. The summed E-state index contributed by atoms with van der Waals surface area (Å²) in [5, 5.41) is 11.2. The van der Waals surface area contributed by atoms with Crippen LogP contribution in [0, 0.1) is 0 Å². The Morgan fingerprint density at radius 1 is 1.28 bits per heavy atom. The third-order valence-corrected chi connectivity index (χ3v) is 6.87. The molecule has 0 unspecified atom stereocenters. The number of amides is 2. The van der Waals surface area contributed by atoms with Crippen molar-refractivity contribution in [3.63, 3.8) is 0 Å². The number of hydrogen-bond acceptors (Lipinski definition) is 5. The minimum Gasteiger partial charge on any atom is -0.548 e. The second-order valence-electron chi connectivity index (χ2n) is 7.28. The highest BCUT2D eigenvalue weighted by Gasteiger charge is 2.58. The highest BCUT2D eigenvalue weighted by atomic mass is 32.2. The monoisotopic (exact) mass is 359 g/mol. The molecule has 132 valence electrons. The van der Waals surface area contributed by atoms with E-state index in [1.165, 1.54) is 4.90 Å². The summed E-state index contributed by atoms with van der Waals surface area (Å²) in [5.41, 5.74) is 1.56. The molecule has 1 aromatic rings. The smallest absolute Gasteiger partial charge is 0.256 e. The summed E-state index contributed by atoms with van der Waals surface area (Å²) >= 11 is 1.58. The minimum absolute atomic E-state index is 0.152. The van der Waals surface area contributed by atoms with Crippen molar-refractivity contribution in [3.8, 4) is 0 Å². The molecule has 3 atom stereocenters. The molecule has 4 rings (SSSR count). The van der Waals surface area contributed by atoms with Crippen molar-refractivity contribution in [3.05, 3.63) is 35.4 Å². The summed E-state index contributed by atoms with van der Waals surface area (Å²) in [7, 11) is 0. The number of carbonyl (C=O) groups excluding carboxylic acids is 3. The maximum atomic E-state index is 13.2. The van der Waals surface area contributed by atoms with E-state index >= 15 is 0 Å². The Labute approximate surface area is 150 Å². The molecule has 0 aromatic heterocycles. The van der Waals surface area contributed by atoms with E-state index in [1.807, 2.05) is 32.0 Å². The van der Waals surface area contributed by atoms with E-state index in [0.29, 0.717) is 24.9 Å². The van der Waals surface area contributed by atoms with Gasteiger partial charge in [-0.2, -0.15) is 0 Å². The number of rotatable bonds is 2. The lowest BCUT2D eigenvalue weighted by Gasteiger charge is -2.35. The van der Waals surface area contributed by atoms with Crippen LogP contribution in [0.3, 0.4) is 0 Å². The van der Waals surface area contributed by atoms with Gasteiger partial charge in [0, 0.05) is 16.9 Å². The van der Waals surface area contributed by atoms with Gasteiger partial charge in [-0.3, -0.25) is 9.59 Å². The first kappa shape index (κ1) is 16.4. The lowest BCUT2D eigenvalue weighted by molar-refractivity contribution is -0.310. The number of carboxylic acids is 1. The fraction of sp³-hybridized carbons (Fsp3) is 0.500. The highest BCUT2D eigenvalue weighted by Crippen LogP contribution is 2.57. The van der Waals surface area contributed by atoms with Crippen molar-refractivity contribution in [2.45, 2.75) is 48.9 Å². The molecule has 0 radical (unpaired) electrons. The van der Waals surface area contributed by atoms with Crippen LogP contribution in [0.4, 0.5) is 0 Å². The van der Waals surface area contributed by atoms with Crippen molar-refractivity contribution in [2.75, 3.05) is 6.54 Å². The van der Waals surface area contributed by atoms with Crippen LogP contribution in [0.5, 0.6) is 0 Å². The van der Waals surface area contributed by atoms with E-state index in [2.05, 4.69) is 0 Å². The molecule has 0 bridgehead atoms. The van der Waals surface area contributed by atoms with Gasteiger partial charge in [-0.25, -0.2) is 0 Å². The molecule has 2 saturated heterocycles. The predicted molar refractivity (Wildman–Crippen MR) is 90.6 cm³/mol. The molecule has 3 aliphatic heterocycles. The number of nitrogens with zero attached hydrogens (tertiary/aromatic N) is 2. The van der Waals surface area contributed by atoms with Gasteiger partial charge in [-0.1, -0.05) is 18.2 Å². The first-order valence-electron chi connectivity index (χ1n) is 8.43. The molecule has 2 amide bonds. The van der Waals surface area contributed by atoms with Gasteiger partial charge in [0.25, 0.3) is 5.91 Å². The van der Waals surface area contributed by atoms with E-state index in [-0.39, 0.29) is 17.2 Å². The number of carbonyl (C=O) groups is 3. The summed E-state index contributed by atoms with van der Waals surface area (Å²) in [6.45, 7) is 4.28. The summed E-state index contributed by atoms with van der Waals surface area (Å²) in [4.78, 5) is 40.6. The number of hydrogen-bond donors (Lipinski definition) is 0. The topological polar surface area (TPSA) is 80.8 Å². The Morgan fingerprint density at radius 2 is 2.00 bits per heavy atom. The van der Waals surface area contributed by atoms with Gasteiger partial charge in [0.05, 0.1) is 12.0 Å². The third-order valence-electron chi connectivity index (χ3n) is 5.34. The van der Waals surface area contributed by atoms with Gasteiger partial charge < -0.3 is 19.7 Å². The van der Waals surface area contributed by atoms with Gasteiger partial charge >= 0.3 is 0 Å². The number of aliphatic carboxylic acids is 1. The van der Waals surface area contributed by atoms with E-state index in [4.69, 9.17) is 0 Å². The van der Waals surface area contributed by atoms with Gasteiger partial charge in [-0.05, 0) is 38.3 Å². The number of likely N-dealkylation sites (tertiary alicyclic amines) is 1. The second kappa shape index (κ2) is 5.49. The van der Waals surface area contributed by atoms with Gasteiger partial charge in [0.15, 0.2) is 0 Å². The Kier molecular flexibility index (Phi) is 3.61. The molecule has 25 heavy (non-hydrogen) atoms. The van der Waals surface area contributed by atoms with Gasteiger partial charge in [-0.15, -0.1) is 11.8 Å². The molecular weight excluding hydrogens is 340 g/mol. The maximum absolute atomic E-state index is 13.2.